The summed E-state index contributed by atoms with van der Waals surface area (Å²) < 4.78 is 35.3. The number of benzene rings is 1. The molecule has 0 aliphatic rings. The van der Waals surface area contributed by atoms with Gasteiger partial charge in [0.25, 0.3) is 5.88 Å². The number of pyridine rings is 3. The molecule has 3 heterocycles. The van der Waals surface area contributed by atoms with E-state index in [-0.39, 0.29) is 11.8 Å². The van der Waals surface area contributed by atoms with Crippen LogP contribution in [-0.2, 0) is 0 Å². The maximum atomic E-state index is 5.97. The Bertz CT molecular complexity index is 1510. The summed E-state index contributed by atoms with van der Waals surface area (Å²) in [6.07, 6.45) is 0.740. The van der Waals surface area contributed by atoms with E-state index in [1.165, 1.54) is 0 Å². The molecular weight excluding hydrogens is 604 g/mol. The zero-order chi connectivity index (χ0) is 30.4. The molecule has 0 bridgehead atoms. The lowest BCUT2D eigenvalue weighted by atomic mass is 9.75. The van der Waals surface area contributed by atoms with Crippen LogP contribution in [0, 0.1) is 0 Å². The molecule has 0 saturated heterocycles. The fourth-order valence-electron chi connectivity index (χ4n) is 5.16. The van der Waals surface area contributed by atoms with E-state index >= 15 is 0 Å². The van der Waals surface area contributed by atoms with Crippen molar-refractivity contribution in [2.24, 2.45) is 0 Å². The first kappa shape index (κ1) is 31.1. The molecule has 0 amide bonds. The van der Waals surface area contributed by atoms with Crippen molar-refractivity contribution in [1.29, 1.82) is 0 Å². The van der Waals surface area contributed by atoms with Crippen LogP contribution >= 0.6 is 15.9 Å². The van der Waals surface area contributed by atoms with E-state index in [1.807, 2.05) is 36.4 Å². The van der Waals surface area contributed by atoms with E-state index in [0.29, 0.717) is 35.1 Å². The third-order valence-corrected chi connectivity index (χ3v) is 7.62. The summed E-state index contributed by atoms with van der Waals surface area (Å²) in [5, 5.41) is 0.952. The first-order chi connectivity index (χ1) is 20.3. The van der Waals surface area contributed by atoms with Crippen molar-refractivity contribution in [2.75, 3.05) is 63.3 Å². The van der Waals surface area contributed by atoms with Crippen molar-refractivity contribution in [3.05, 3.63) is 63.6 Å². The van der Waals surface area contributed by atoms with Crippen molar-refractivity contribution < 1.29 is 28.4 Å². The van der Waals surface area contributed by atoms with E-state index in [1.54, 1.807) is 42.7 Å². The molecule has 42 heavy (non-hydrogen) atoms. The van der Waals surface area contributed by atoms with Crippen LogP contribution in [0.25, 0.3) is 10.9 Å². The molecule has 0 aliphatic heterocycles. The molecule has 0 radical (unpaired) electrons. The fraction of sp³-hybridized carbons (Fsp3) is 0.387. The van der Waals surface area contributed by atoms with Gasteiger partial charge in [-0.05, 0) is 62.8 Å². The molecule has 224 valence electrons. The molecule has 10 nitrogen and oxygen atoms in total. The molecule has 0 fully saturated rings. The van der Waals surface area contributed by atoms with Crippen LogP contribution in [0.1, 0.15) is 34.9 Å². The minimum absolute atomic E-state index is 0.163. The SMILES string of the molecule is COc1cc(C(CCN(C)C)[C@@H](c2cc3cc(Br)ccc3nc2OC)c2cc(OC)nc(OC)c2OC)cc(OC)n1. The molecule has 1 unspecified atom stereocenters. The molecule has 11 heteroatoms. The van der Waals surface area contributed by atoms with Gasteiger partial charge in [-0.3, -0.25) is 0 Å². The number of hydrogen-bond donors (Lipinski definition) is 0. The number of ether oxygens (including phenoxy) is 6. The lowest BCUT2D eigenvalue weighted by Crippen LogP contribution is -2.22. The van der Waals surface area contributed by atoms with Gasteiger partial charge in [0.05, 0.1) is 48.2 Å². The Morgan fingerprint density at radius 1 is 0.690 bits per heavy atom. The number of rotatable bonds is 13. The zero-order valence-corrected chi connectivity index (χ0v) is 26.8. The number of hydrogen-bond acceptors (Lipinski definition) is 10. The van der Waals surface area contributed by atoms with Crippen molar-refractivity contribution in [1.82, 2.24) is 19.9 Å². The van der Waals surface area contributed by atoms with Gasteiger partial charge in [-0.15, -0.1) is 0 Å². The van der Waals surface area contributed by atoms with E-state index in [2.05, 4.69) is 51.0 Å². The molecule has 0 spiro atoms. The highest BCUT2D eigenvalue weighted by Crippen LogP contribution is 2.50. The molecule has 2 atom stereocenters. The summed E-state index contributed by atoms with van der Waals surface area (Å²) in [5.74, 6) is 2.04. The van der Waals surface area contributed by atoms with Crippen LogP contribution in [0.4, 0.5) is 0 Å². The Kier molecular flexibility index (Phi) is 10.3. The topological polar surface area (TPSA) is 97.3 Å². The largest absolute Gasteiger partial charge is 0.491 e. The Balaban J connectivity index is 2.13. The van der Waals surface area contributed by atoms with Gasteiger partial charge in [0.15, 0.2) is 5.75 Å². The summed E-state index contributed by atoms with van der Waals surface area (Å²) in [4.78, 5) is 16.0. The van der Waals surface area contributed by atoms with Gasteiger partial charge in [0.2, 0.25) is 23.5 Å². The van der Waals surface area contributed by atoms with Gasteiger partial charge in [-0.25, -0.2) is 4.98 Å². The second-order valence-corrected chi connectivity index (χ2v) is 10.8. The summed E-state index contributed by atoms with van der Waals surface area (Å²) in [7, 11) is 13.6. The van der Waals surface area contributed by atoms with Crippen molar-refractivity contribution in [3.63, 3.8) is 0 Å². The van der Waals surface area contributed by atoms with Gasteiger partial charge in [-0.1, -0.05) is 15.9 Å². The number of halogens is 1. The monoisotopic (exact) mass is 640 g/mol. The van der Waals surface area contributed by atoms with Gasteiger partial charge < -0.3 is 33.3 Å². The lowest BCUT2D eigenvalue weighted by Gasteiger charge is -2.32. The molecule has 0 N–H and O–H groups in total. The fourth-order valence-corrected chi connectivity index (χ4v) is 5.54. The maximum Gasteiger partial charge on any atom is 0.260 e. The highest BCUT2D eigenvalue weighted by molar-refractivity contribution is 9.10. The molecule has 0 saturated carbocycles. The summed E-state index contributed by atoms with van der Waals surface area (Å²) in [6.45, 7) is 0.782. The van der Waals surface area contributed by atoms with Crippen molar-refractivity contribution in [2.45, 2.75) is 18.3 Å². The standard InChI is InChI=1S/C31H37BrN4O6/c1-36(2)12-11-21(18-15-25(37-3)34-26(16-18)38-4)28(22-17-27(39-5)35-31(42-8)29(22)40-6)23-14-19-13-20(32)9-10-24(19)33-30(23)41-7/h9-10,13-17,21,28H,11-12H2,1-8H3/t21?,28-/m1/s1. The van der Waals surface area contributed by atoms with Crippen LogP contribution in [0.3, 0.4) is 0 Å². The highest BCUT2D eigenvalue weighted by Gasteiger charge is 2.35. The number of fused-ring (bicyclic) bond motifs is 1. The Hall–Kier alpha value is -3.83. The van der Waals surface area contributed by atoms with Gasteiger partial charge in [0, 0.05) is 45.1 Å². The number of methoxy groups -OCH3 is 6. The molecule has 3 aromatic heterocycles. The minimum atomic E-state index is -0.367. The second-order valence-electron chi connectivity index (χ2n) is 9.88. The lowest BCUT2D eigenvalue weighted by molar-refractivity contribution is 0.319. The van der Waals surface area contributed by atoms with Crippen molar-refractivity contribution in [3.8, 4) is 35.1 Å². The molecular formula is C31H37BrN4O6. The summed E-state index contributed by atoms with van der Waals surface area (Å²) in [5.41, 5.74) is 3.43. The third kappa shape index (κ3) is 6.63. The Labute approximate surface area is 255 Å². The first-order valence-electron chi connectivity index (χ1n) is 13.3. The minimum Gasteiger partial charge on any atom is -0.491 e. The average Bonchev–Trinajstić information content (AvgIpc) is 3.01. The summed E-state index contributed by atoms with van der Waals surface area (Å²) in [6, 6.07) is 13.8. The zero-order valence-electron chi connectivity index (χ0n) is 25.2. The molecule has 4 aromatic rings. The van der Waals surface area contributed by atoms with Gasteiger partial charge in [0.1, 0.15) is 0 Å². The number of nitrogens with zero attached hydrogens (tertiary/aromatic N) is 4. The van der Waals surface area contributed by atoms with E-state index < -0.39 is 0 Å². The maximum absolute atomic E-state index is 5.97. The van der Waals surface area contributed by atoms with Gasteiger partial charge >= 0.3 is 0 Å². The first-order valence-corrected chi connectivity index (χ1v) is 14.1. The van der Waals surface area contributed by atoms with Crippen LogP contribution < -0.4 is 28.4 Å². The van der Waals surface area contributed by atoms with E-state index in [9.17, 15) is 0 Å². The van der Waals surface area contributed by atoms with Crippen LogP contribution in [0.15, 0.2) is 46.9 Å². The quantitative estimate of drug-likeness (QED) is 0.181. The van der Waals surface area contributed by atoms with Gasteiger partial charge in [-0.2, -0.15) is 9.97 Å². The van der Waals surface area contributed by atoms with Crippen molar-refractivity contribution >= 4 is 26.8 Å². The second kappa shape index (κ2) is 13.9. The predicted molar refractivity (Wildman–Crippen MR) is 165 cm³/mol. The molecule has 0 aliphatic carbocycles. The Morgan fingerprint density at radius 2 is 1.33 bits per heavy atom. The Morgan fingerprint density at radius 3 is 1.90 bits per heavy atom. The smallest absolute Gasteiger partial charge is 0.260 e. The van der Waals surface area contributed by atoms with Crippen LogP contribution in [0.5, 0.6) is 35.1 Å². The van der Waals surface area contributed by atoms with Crippen LogP contribution in [-0.4, -0.2) is 83.2 Å². The number of aromatic nitrogens is 3. The van der Waals surface area contributed by atoms with E-state index in [4.69, 9.17) is 33.4 Å². The highest BCUT2D eigenvalue weighted by atomic mass is 79.9. The predicted octanol–water partition coefficient (Wildman–Crippen LogP) is 5.71. The van der Waals surface area contributed by atoms with E-state index in [0.717, 1.165) is 45.0 Å². The normalized spacial score (nSPS) is 12.6. The third-order valence-electron chi connectivity index (χ3n) is 7.12. The summed E-state index contributed by atoms with van der Waals surface area (Å²) >= 11 is 3.61. The molecule has 1 aromatic carbocycles. The van der Waals surface area contributed by atoms with Crippen LogP contribution in [0.2, 0.25) is 0 Å². The average molecular weight is 642 g/mol. The molecule has 4 rings (SSSR count).